The average molecular weight is 225 g/mol. The molecule has 0 aromatic heterocycles. The van der Waals surface area contributed by atoms with Crippen molar-refractivity contribution in [2.45, 2.75) is 72.4 Å². The molecule has 1 aliphatic carbocycles. The van der Waals surface area contributed by atoms with E-state index in [1.807, 2.05) is 20.8 Å². The van der Waals surface area contributed by atoms with Gasteiger partial charge in [0.2, 0.25) is 0 Å². The lowest BCUT2D eigenvalue weighted by molar-refractivity contribution is -0.127. The van der Waals surface area contributed by atoms with E-state index >= 15 is 0 Å². The van der Waals surface area contributed by atoms with Gasteiger partial charge in [-0.1, -0.05) is 20.8 Å². The summed E-state index contributed by atoms with van der Waals surface area (Å²) in [6.07, 6.45) is 3.25. The lowest BCUT2D eigenvalue weighted by Gasteiger charge is -2.30. The van der Waals surface area contributed by atoms with E-state index in [1.54, 1.807) is 0 Å². The van der Waals surface area contributed by atoms with Gasteiger partial charge in [0.15, 0.2) is 0 Å². The van der Waals surface area contributed by atoms with Gasteiger partial charge < -0.3 is 5.32 Å². The second kappa shape index (κ2) is 4.48. The van der Waals surface area contributed by atoms with Gasteiger partial charge in [0.1, 0.15) is 5.78 Å². The molecule has 16 heavy (non-hydrogen) atoms. The van der Waals surface area contributed by atoms with Gasteiger partial charge in [0.05, 0.1) is 0 Å². The zero-order valence-corrected chi connectivity index (χ0v) is 11.7. The lowest BCUT2D eigenvalue weighted by atomic mass is 9.85. The Morgan fingerprint density at radius 1 is 1.19 bits per heavy atom. The topological polar surface area (TPSA) is 29.1 Å². The van der Waals surface area contributed by atoms with Gasteiger partial charge in [-0.3, -0.25) is 4.79 Å². The number of rotatable bonds is 4. The molecule has 1 atom stereocenters. The first-order valence-electron chi connectivity index (χ1n) is 6.40. The molecular formula is C14H27NO. The molecule has 0 aromatic rings. The first-order valence-corrected chi connectivity index (χ1v) is 6.40. The maximum Gasteiger partial charge on any atom is 0.139 e. The van der Waals surface area contributed by atoms with E-state index in [4.69, 9.17) is 0 Å². The highest BCUT2D eigenvalue weighted by Gasteiger charge is 2.36. The quantitative estimate of drug-likeness (QED) is 0.796. The van der Waals surface area contributed by atoms with E-state index in [9.17, 15) is 4.79 Å². The Bertz CT molecular complexity index is 253. The molecule has 0 heterocycles. The molecule has 1 rings (SSSR count). The normalized spacial score (nSPS) is 19.6. The van der Waals surface area contributed by atoms with E-state index in [2.05, 4.69) is 26.1 Å². The van der Waals surface area contributed by atoms with Gasteiger partial charge in [-0.05, 0) is 39.5 Å². The average Bonchev–Trinajstić information content (AvgIpc) is 2.79. The minimum Gasteiger partial charge on any atom is -0.309 e. The monoisotopic (exact) mass is 225 g/mol. The summed E-state index contributed by atoms with van der Waals surface area (Å²) in [5, 5.41) is 3.60. The third-order valence-corrected chi connectivity index (χ3v) is 3.05. The van der Waals surface area contributed by atoms with Crippen LogP contribution >= 0.6 is 0 Å². The summed E-state index contributed by atoms with van der Waals surface area (Å²) in [6.45, 7) is 12.5. The number of nitrogens with one attached hydrogen (secondary N) is 1. The summed E-state index contributed by atoms with van der Waals surface area (Å²) < 4.78 is 0. The van der Waals surface area contributed by atoms with Crippen molar-refractivity contribution in [3.8, 4) is 0 Å². The fourth-order valence-corrected chi connectivity index (χ4v) is 1.90. The SMILES string of the molecule is CC(C)(C)NC(CC(=O)C(C)(C)C)C1CC1. The number of hydrogen-bond donors (Lipinski definition) is 1. The van der Waals surface area contributed by atoms with Gasteiger partial charge in [0, 0.05) is 23.4 Å². The van der Waals surface area contributed by atoms with Crippen LogP contribution < -0.4 is 5.32 Å². The standard InChI is InChI=1S/C14H27NO/c1-13(2,3)12(16)9-11(10-7-8-10)15-14(4,5)6/h10-11,15H,7-9H2,1-6H3. The molecule has 0 amide bonds. The fraction of sp³-hybridized carbons (Fsp3) is 0.929. The van der Waals surface area contributed by atoms with Crippen LogP contribution in [0.3, 0.4) is 0 Å². The van der Waals surface area contributed by atoms with Crippen LogP contribution in [0.2, 0.25) is 0 Å². The van der Waals surface area contributed by atoms with Crippen molar-refractivity contribution >= 4 is 5.78 Å². The summed E-state index contributed by atoms with van der Waals surface area (Å²) in [5.41, 5.74) is -0.0991. The summed E-state index contributed by atoms with van der Waals surface area (Å²) in [7, 11) is 0. The maximum absolute atomic E-state index is 12.1. The molecule has 1 fully saturated rings. The Hall–Kier alpha value is -0.370. The van der Waals surface area contributed by atoms with E-state index in [0.717, 1.165) is 5.92 Å². The Morgan fingerprint density at radius 2 is 1.69 bits per heavy atom. The van der Waals surface area contributed by atoms with Crippen LogP contribution in [0.1, 0.15) is 60.8 Å². The molecule has 0 radical (unpaired) electrons. The molecule has 1 aliphatic rings. The summed E-state index contributed by atoms with van der Waals surface area (Å²) in [4.78, 5) is 12.1. The Balaban J connectivity index is 2.55. The Morgan fingerprint density at radius 3 is 2.00 bits per heavy atom. The predicted octanol–water partition coefficient (Wildman–Crippen LogP) is 3.16. The van der Waals surface area contributed by atoms with Crippen LogP contribution in [-0.2, 0) is 4.79 Å². The van der Waals surface area contributed by atoms with Crippen molar-refractivity contribution in [3.05, 3.63) is 0 Å². The van der Waals surface area contributed by atoms with Crippen LogP contribution in [0.15, 0.2) is 0 Å². The smallest absolute Gasteiger partial charge is 0.139 e. The fourth-order valence-electron chi connectivity index (χ4n) is 1.90. The molecule has 0 spiro atoms. The van der Waals surface area contributed by atoms with Gasteiger partial charge in [-0.15, -0.1) is 0 Å². The Kier molecular flexibility index (Phi) is 3.83. The molecule has 0 bridgehead atoms. The lowest BCUT2D eigenvalue weighted by Crippen LogP contribution is -2.46. The minimum absolute atomic E-state index is 0.103. The van der Waals surface area contributed by atoms with E-state index in [0.29, 0.717) is 18.2 Å². The Labute approximate surface area is 100 Å². The second-order valence-corrected chi connectivity index (χ2v) is 7.22. The van der Waals surface area contributed by atoms with E-state index in [-0.39, 0.29) is 11.0 Å². The molecule has 1 saturated carbocycles. The predicted molar refractivity (Wildman–Crippen MR) is 68.5 cm³/mol. The maximum atomic E-state index is 12.1. The molecule has 0 aromatic carbocycles. The third-order valence-electron chi connectivity index (χ3n) is 3.05. The van der Waals surface area contributed by atoms with Crippen LogP contribution in [0.4, 0.5) is 0 Å². The summed E-state index contributed by atoms with van der Waals surface area (Å²) in [6, 6.07) is 0.381. The third kappa shape index (κ3) is 4.65. The van der Waals surface area contributed by atoms with Crippen molar-refractivity contribution in [2.24, 2.45) is 11.3 Å². The molecule has 94 valence electrons. The van der Waals surface area contributed by atoms with Crippen molar-refractivity contribution in [1.29, 1.82) is 0 Å². The molecule has 1 N–H and O–H groups in total. The number of ketones is 1. The van der Waals surface area contributed by atoms with Gasteiger partial charge in [0.25, 0.3) is 0 Å². The van der Waals surface area contributed by atoms with Crippen LogP contribution in [-0.4, -0.2) is 17.4 Å². The van der Waals surface area contributed by atoms with Gasteiger partial charge in [-0.2, -0.15) is 0 Å². The largest absolute Gasteiger partial charge is 0.309 e. The first-order chi connectivity index (χ1) is 7.09. The van der Waals surface area contributed by atoms with Crippen molar-refractivity contribution in [1.82, 2.24) is 5.32 Å². The molecule has 2 heteroatoms. The minimum atomic E-state index is -0.202. The molecular weight excluding hydrogens is 198 g/mol. The second-order valence-electron chi connectivity index (χ2n) is 7.22. The van der Waals surface area contributed by atoms with E-state index < -0.39 is 0 Å². The highest BCUT2D eigenvalue weighted by atomic mass is 16.1. The van der Waals surface area contributed by atoms with Gasteiger partial charge >= 0.3 is 0 Å². The molecule has 1 unspecified atom stereocenters. The van der Waals surface area contributed by atoms with Gasteiger partial charge in [-0.25, -0.2) is 0 Å². The number of hydrogen-bond acceptors (Lipinski definition) is 2. The summed E-state index contributed by atoms with van der Waals surface area (Å²) in [5.74, 6) is 1.10. The number of carbonyl (C=O) groups excluding carboxylic acids is 1. The highest BCUT2D eigenvalue weighted by Crippen LogP contribution is 2.36. The zero-order valence-electron chi connectivity index (χ0n) is 11.7. The number of Topliss-reactive ketones (excluding diaryl/α,β-unsaturated/α-hetero) is 1. The molecule has 0 saturated heterocycles. The van der Waals surface area contributed by atoms with Crippen molar-refractivity contribution in [2.75, 3.05) is 0 Å². The van der Waals surface area contributed by atoms with Crippen LogP contribution in [0.5, 0.6) is 0 Å². The molecule has 2 nitrogen and oxygen atoms in total. The van der Waals surface area contributed by atoms with E-state index in [1.165, 1.54) is 12.8 Å². The molecule has 0 aliphatic heterocycles. The van der Waals surface area contributed by atoms with Crippen molar-refractivity contribution < 1.29 is 4.79 Å². The van der Waals surface area contributed by atoms with Crippen LogP contribution in [0.25, 0.3) is 0 Å². The number of carbonyl (C=O) groups is 1. The highest BCUT2D eigenvalue weighted by molar-refractivity contribution is 5.84. The van der Waals surface area contributed by atoms with Crippen LogP contribution in [0, 0.1) is 11.3 Å². The summed E-state index contributed by atoms with van der Waals surface area (Å²) >= 11 is 0. The zero-order chi connectivity index (χ0) is 12.6. The first kappa shape index (κ1) is 13.7. The van der Waals surface area contributed by atoms with Crippen molar-refractivity contribution in [3.63, 3.8) is 0 Å².